The number of aryl methyl sites for hydroxylation is 1. The average molecular weight is 236 g/mol. The van der Waals surface area contributed by atoms with Gasteiger partial charge in [-0.15, -0.1) is 0 Å². The SMILES string of the molecule is Cc1ccc(N(C)CC(C)C)c(C(N)=S)c1. The van der Waals surface area contributed by atoms with Gasteiger partial charge in [-0.25, -0.2) is 0 Å². The Kier molecular flexibility index (Phi) is 4.30. The van der Waals surface area contributed by atoms with Crippen molar-refractivity contribution in [3.63, 3.8) is 0 Å². The van der Waals surface area contributed by atoms with Crippen LogP contribution >= 0.6 is 12.2 Å². The van der Waals surface area contributed by atoms with E-state index in [4.69, 9.17) is 18.0 Å². The average Bonchev–Trinajstić information content (AvgIpc) is 2.16. The second kappa shape index (κ2) is 5.30. The van der Waals surface area contributed by atoms with Gasteiger partial charge in [-0.1, -0.05) is 37.7 Å². The molecule has 0 aliphatic heterocycles. The summed E-state index contributed by atoms with van der Waals surface area (Å²) in [6.07, 6.45) is 0. The number of benzene rings is 1. The summed E-state index contributed by atoms with van der Waals surface area (Å²) in [5, 5.41) is 0. The minimum absolute atomic E-state index is 0.467. The van der Waals surface area contributed by atoms with Crippen LogP contribution in [0.1, 0.15) is 25.0 Å². The van der Waals surface area contributed by atoms with Crippen molar-refractivity contribution in [3.8, 4) is 0 Å². The van der Waals surface area contributed by atoms with Crippen molar-refractivity contribution in [2.45, 2.75) is 20.8 Å². The summed E-state index contributed by atoms with van der Waals surface area (Å²) >= 11 is 5.09. The normalized spacial score (nSPS) is 10.6. The van der Waals surface area contributed by atoms with E-state index in [9.17, 15) is 0 Å². The van der Waals surface area contributed by atoms with Gasteiger partial charge in [0.25, 0.3) is 0 Å². The van der Waals surface area contributed by atoms with Crippen LogP contribution in [0.25, 0.3) is 0 Å². The summed E-state index contributed by atoms with van der Waals surface area (Å²) in [6, 6.07) is 6.23. The fourth-order valence-electron chi connectivity index (χ4n) is 1.83. The van der Waals surface area contributed by atoms with Crippen LogP contribution in [-0.4, -0.2) is 18.6 Å². The van der Waals surface area contributed by atoms with E-state index in [2.05, 4.69) is 44.0 Å². The number of rotatable bonds is 4. The molecule has 0 fully saturated rings. The molecule has 0 aromatic heterocycles. The molecule has 1 aromatic rings. The standard InChI is InChI=1S/C13H20N2S/c1-9(2)8-15(4)12-6-5-10(3)7-11(12)13(14)16/h5-7,9H,8H2,1-4H3,(H2,14,16). The van der Waals surface area contributed by atoms with Crippen LogP contribution in [-0.2, 0) is 0 Å². The van der Waals surface area contributed by atoms with Crippen LogP contribution in [0.3, 0.4) is 0 Å². The van der Waals surface area contributed by atoms with Gasteiger partial charge >= 0.3 is 0 Å². The molecule has 0 atom stereocenters. The zero-order valence-electron chi connectivity index (χ0n) is 10.4. The zero-order valence-corrected chi connectivity index (χ0v) is 11.3. The van der Waals surface area contributed by atoms with Crippen LogP contribution in [0.2, 0.25) is 0 Å². The lowest BCUT2D eigenvalue weighted by Gasteiger charge is -2.24. The van der Waals surface area contributed by atoms with Crippen molar-refractivity contribution in [1.29, 1.82) is 0 Å². The third kappa shape index (κ3) is 3.20. The van der Waals surface area contributed by atoms with Gasteiger partial charge < -0.3 is 10.6 Å². The molecule has 0 aliphatic rings. The maximum absolute atomic E-state index is 5.76. The highest BCUT2D eigenvalue weighted by molar-refractivity contribution is 7.80. The van der Waals surface area contributed by atoms with Gasteiger partial charge in [-0.3, -0.25) is 0 Å². The summed E-state index contributed by atoms with van der Waals surface area (Å²) < 4.78 is 0. The first kappa shape index (κ1) is 13.0. The summed E-state index contributed by atoms with van der Waals surface area (Å²) in [5.74, 6) is 0.616. The molecule has 3 heteroatoms. The first-order chi connectivity index (χ1) is 7.41. The van der Waals surface area contributed by atoms with E-state index in [-0.39, 0.29) is 0 Å². The van der Waals surface area contributed by atoms with Crippen molar-refractivity contribution >= 4 is 22.9 Å². The van der Waals surface area contributed by atoms with Crippen LogP contribution in [0.4, 0.5) is 5.69 Å². The van der Waals surface area contributed by atoms with Crippen LogP contribution in [0, 0.1) is 12.8 Å². The smallest absolute Gasteiger partial charge is 0.106 e. The van der Waals surface area contributed by atoms with E-state index >= 15 is 0 Å². The fraction of sp³-hybridized carbons (Fsp3) is 0.462. The molecule has 0 unspecified atom stereocenters. The Morgan fingerprint density at radius 2 is 2.06 bits per heavy atom. The maximum Gasteiger partial charge on any atom is 0.106 e. The van der Waals surface area contributed by atoms with Gasteiger partial charge in [-0.2, -0.15) is 0 Å². The van der Waals surface area contributed by atoms with E-state index in [0.717, 1.165) is 17.8 Å². The van der Waals surface area contributed by atoms with Gasteiger partial charge in [-0.05, 0) is 25.0 Å². The summed E-state index contributed by atoms with van der Waals surface area (Å²) in [7, 11) is 2.08. The first-order valence-electron chi connectivity index (χ1n) is 5.53. The largest absolute Gasteiger partial charge is 0.389 e. The van der Waals surface area contributed by atoms with Crippen LogP contribution < -0.4 is 10.6 Å². The predicted molar refractivity (Wildman–Crippen MR) is 75.2 cm³/mol. The van der Waals surface area contributed by atoms with Crippen molar-refractivity contribution < 1.29 is 0 Å². The summed E-state index contributed by atoms with van der Waals surface area (Å²) in [4.78, 5) is 2.67. The molecule has 2 nitrogen and oxygen atoms in total. The third-order valence-electron chi connectivity index (χ3n) is 2.47. The molecular formula is C13H20N2S. The zero-order chi connectivity index (χ0) is 12.3. The molecule has 0 saturated carbocycles. The Morgan fingerprint density at radius 1 is 1.44 bits per heavy atom. The van der Waals surface area contributed by atoms with Crippen molar-refractivity contribution in [2.75, 3.05) is 18.5 Å². The molecule has 1 aromatic carbocycles. The first-order valence-corrected chi connectivity index (χ1v) is 5.94. The third-order valence-corrected chi connectivity index (χ3v) is 2.69. The highest BCUT2D eigenvalue weighted by Gasteiger charge is 2.10. The van der Waals surface area contributed by atoms with E-state index in [1.165, 1.54) is 5.56 Å². The highest BCUT2D eigenvalue weighted by atomic mass is 32.1. The van der Waals surface area contributed by atoms with Crippen molar-refractivity contribution in [3.05, 3.63) is 29.3 Å². The Hall–Kier alpha value is -1.09. The Balaban J connectivity index is 3.07. The summed E-state index contributed by atoms with van der Waals surface area (Å²) in [6.45, 7) is 7.45. The highest BCUT2D eigenvalue weighted by Crippen LogP contribution is 2.21. The molecule has 0 amide bonds. The Morgan fingerprint density at radius 3 is 2.56 bits per heavy atom. The predicted octanol–water partition coefficient (Wildman–Crippen LogP) is 2.72. The van der Waals surface area contributed by atoms with Crippen LogP contribution in [0.5, 0.6) is 0 Å². The summed E-state index contributed by atoms with van der Waals surface area (Å²) in [5.41, 5.74) is 9.03. The Labute approximate surface area is 103 Å². The van der Waals surface area contributed by atoms with E-state index in [1.807, 2.05) is 6.92 Å². The number of nitrogens with two attached hydrogens (primary N) is 1. The van der Waals surface area contributed by atoms with Gasteiger partial charge in [0.2, 0.25) is 0 Å². The molecule has 0 spiro atoms. The molecule has 1 rings (SSSR count). The number of nitrogens with zero attached hydrogens (tertiary/aromatic N) is 1. The molecule has 0 saturated heterocycles. The second-order valence-electron chi connectivity index (χ2n) is 4.66. The molecule has 0 radical (unpaired) electrons. The number of anilines is 1. The lowest BCUT2D eigenvalue weighted by atomic mass is 10.1. The molecule has 16 heavy (non-hydrogen) atoms. The van der Waals surface area contributed by atoms with E-state index in [1.54, 1.807) is 0 Å². The topological polar surface area (TPSA) is 29.3 Å². The van der Waals surface area contributed by atoms with Gasteiger partial charge in [0.1, 0.15) is 4.99 Å². The van der Waals surface area contributed by atoms with Gasteiger partial charge in [0, 0.05) is 24.8 Å². The van der Waals surface area contributed by atoms with E-state index in [0.29, 0.717) is 10.9 Å². The fourth-order valence-corrected chi connectivity index (χ4v) is 1.99. The monoisotopic (exact) mass is 236 g/mol. The molecule has 2 N–H and O–H groups in total. The Bertz CT molecular complexity index is 386. The molecule has 0 heterocycles. The van der Waals surface area contributed by atoms with Crippen molar-refractivity contribution in [1.82, 2.24) is 0 Å². The minimum Gasteiger partial charge on any atom is -0.389 e. The number of thiocarbonyl (C=S) groups is 1. The second-order valence-corrected chi connectivity index (χ2v) is 5.10. The quantitative estimate of drug-likeness (QED) is 0.815. The molecule has 88 valence electrons. The lowest BCUT2D eigenvalue weighted by molar-refractivity contribution is 0.638. The lowest BCUT2D eigenvalue weighted by Crippen LogP contribution is -2.25. The molecular weight excluding hydrogens is 216 g/mol. The minimum atomic E-state index is 0.467. The molecule has 0 bridgehead atoms. The van der Waals surface area contributed by atoms with Crippen molar-refractivity contribution in [2.24, 2.45) is 11.7 Å². The molecule has 0 aliphatic carbocycles. The van der Waals surface area contributed by atoms with Crippen LogP contribution in [0.15, 0.2) is 18.2 Å². The number of hydrogen-bond acceptors (Lipinski definition) is 2. The van der Waals surface area contributed by atoms with E-state index < -0.39 is 0 Å². The maximum atomic E-state index is 5.76. The number of hydrogen-bond donors (Lipinski definition) is 1. The van der Waals surface area contributed by atoms with Gasteiger partial charge in [0.15, 0.2) is 0 Å². The van der Waals surface area contributed by atoms with Gasteiger partial charge in [0.05, 0.1) is 0 Å².